The fourth-order valence-electron chi connectivity index (χ4n) is 4.76. The van der Waals surface area contributed by atoms with Crippen LogP contribution in [0, 0.1) is 23.1 Å². The average Bonchev–Trinajstić information content (AvgIpc) is 2.89. The Bertz CT molecular complexity index is 1330. The number of hydrogen-bond donors (Lipinski definition) is 2. The maximum absolute atomic E-state index is 13.9. The summed E-state index contributed by atoms with van der Waals surface area (Å²) in [6.45, 7) is 2.16. The van der Waals surface area contributed by atoms with E-state index < -0.39 is 5.82 Å². The highest BCUT2D eigenvalue weighted by atomic mass is 19.1. The number of carbonyl (C=O) groups excluding carboxylic acids is 1. The van der Waals surface area contributed by atoms with E-state index in [-0.39, 0.29) is 23.4 Å². The van der Waals surface area contributed by atoms with Gasteiger partial charge in [-0.05, 0) is 59.9 Å². The zero-order valence-corrected chi connectivity index (χ0v) is 18.8. The molecule has 3 heterocycles. The first-order valence-corrected chi connectivity index (χ1v) is 11.6. The fourth-order valence-corrected chi connectivity index (χ4v) is 4.76. The first-order chi connectivity index (χ1) is 16.6. The van der Waals surface area contributed by atoms with Crippen LogP contribution in [0.5, 0.6) is 0 Å². The lowest BCUT2D eigenvalue weighted by Gasteiger charge is -2.34. The maximum Gasteiger partial charge on any atom is 0.231 e. The predicted octanol–water partition coefficient (Wildman–Crippen LogP) is 2.49. The van der Waals surface area contributed by atoms with Gasteiger partial charge in [-0.3, -0.25) is 9.79 Å². The van der Waals surface area contributed by atoms with Gasteiger partial charge in [0, 0.05) is 55.2 Å². The van der Waals surface area contributed by atoms with E-state index in [2.05, 4.69) is 33.8 Å². The molecular weight excluding hydrogens is 429 g/mol. The summed E-state index contributed by atoms with van der Waals surface area (Å²) in [6, 6.07) is 11.0. The maximum atomic E-state index is 13.9. The molecule has 5 rings (SSSR count). The highest BCUT2D eigenvalue weighted by Gasteiger charge is 2.27. The molecule has 0 aromatic heterocycles. The number of nitriles is 1. The number of nitrogens with one attached hydrogen (secondary N) is 2. The molecule has 34 heavy (non-hydrogen) atoms. The van der Waals surface area contributed by atoms with E-state index in [1.54, 1.807) is 24.5 Å². The summed E-state index contributed by atoms with van der Waals surface area (Å²) >= 11 is 0. The van der Waals surface area contributed by atoms with Crippen LogP contribution >= 0.6 is 0 Å². The van der Waals surface area contributed by atoms with Crippen molar-refractivity contribution in [1.82, 2.24) is 10.2 Å². The fraction of sp³-hybridized carbons (Fsp3) is 0.296. The van der Waals surface area contributed by atoms with Crippen LogP contribution in [0.15, 0.2) is 47.6 Å². The number of anilines is 1. The van der Waals surface area contributed by atoms with Gasteiger partial charge in [-0.25, -0.2) is 4.39 Å². The predicted molar refractivity (Wildman–Crippen MR) is 132 cm³/mol. The van der Waals surface area contributed by atoms with Gasteiger partial charge in [0.1, 0.15) is 11.9 Å². The van der Waals surface area contributed by atoms with Gasteiger partial charge in [-0.15, -0.1) is 0 Å². The lowest BCUT2D eigenvalue weighted by atomic mass is 9.97. The van der Waals surface area contributed by atoms with Crippen LogP contribution in [-0.4, -0.2) is 42.7 Å². The van der Waals surface area contributed by atoms with Gasteiger partial charge in [0.15, 0.2) is 0 Å². The van der Waals surface area contributed by atoms with E-state index in [1.165, 1.54) is 6.07 Å². The Labute approximate surface area is 197 Å². The molecule has 1 amide bonds. The second kappa shape index (κ2) is 9.52. The number of likely N-dealkylation sites (tertiary alicyclic amines) is 1. The minimum atomic E-state index is -0.511. The van der Waals surface area contributed by atoms with Crippen molar-refractivity contribution in [1.29, 1.82) is 5.26 Å². The molecule has 3 aliphatic heterocycles. The number of piperidine rings is 1. The summed E-state index contributed by atoms with van der Waals surface area (Å²) in [5, 5.41) is 18.4. The number of amides is 1. The molecule has 0 aliphatic carbocycles. The number of fused-ring (bicyclic) bond motifs is 1. The third-order valence-electron chi connectivity index (χ3n) is 6.65. The molecule has 0 saturated carbocycles. The standard InChI is InChI=1S/C27H26FN5O/c28-25-4-3-18(12-22(25)15-29)21-13-19-5-9-31-17-24(19)26(14-21)32-23-6-10-33(11-7-23)27(34)20-2-1-8-30-16-20/h1,3-5,8,12-14,16-17,20,23,31-32H,2,6-7,9-11H2. The third kappa shape index (κ3) is 4.44. The van der Waals surface area contributed by atoms with Crippen LogP contribution in [0.1, 0.15) is 24.8 Å². The minimum absolute atomic E-state index is 0.0393. The number of allylic oxidation sites excluding steroid dienone is 1. The van der Waals surface area contributed by atoms with E-state index in [0.717, 1.165) is 53.1 Å². The summed E-state index contributed by atoms with van der Waals surface area (Å²) < 4.78 is 13.9. The van der Waals surface area contributed by atoms with Crippen molar-refractivity contribution < 1.29 is 9.18 Å². The zero-order valence-electron chi connectivity index (χ0n) is 18.8. The number of nitrogens with zero attached hydrogens (tertiary/aromatic N) is 3. The molecule has 172 valence electrons. The molecule has 0 radical (unpaired) electrons. The highest BCUT2D eigenvalue weighted by molar-refractivity contribution is 5.94. The minimum Gasteiger partial charge on any atom is -0.387 e. The second-order valence-electron chi connectivity index (χ2n) is 8.86. The van der Waals surface area contributed by atoms with E-state index >= 15 is 0 Å². The van der Waals surface area contributed by atoms with E-state index in [9.17, 15) is 14.4 Å². The topological polar surface area (TPSA) is 80.5 Å². The summed E-state index contributed by atoms with van der Waals surface area (Å²) in [7, 11) is 0. The van der Waals surface area contributed by atoms with Crippen LogP contribution < -0.4 is 21.1 Å². The molecule has 2 aromatic carbocycles. The molecule has 1 atom stereocenters. The number of benzene rings is 2. The second-order valence-corrected chi connectivity index (χ2v) is 8.86. The molecule has 7 heteroatoms. The number of carbonyl (C=O) groups is 1. The van der Waals surface area contributed by atoms with Gasteiger partial charge in [0.2, 0.25) is 5.91 Å². The Morgan fingerprint density at radius 3 is 2.82 bits per heavy atom. The lowest BCUT2D eigenvalue weighted by molar-refractivity contribution is -0.134. The Kier molecular flexibility index (Phi) is 6.13. The average molecular weight is 456 g/mol. The van der Waals surface area contributed by atoms with Crippen LogP contribution in [-0.2, 0) is 4.79 Å². The number of rotatable bonds is 4. The van der Waals surface area contributed by atoms with Crippen molar-refractivity contribution in [2.45, 2.75) is 25.3 Å². The van der Waals surface area contributed by atoms with Crippen molar-refractivity contribution in [3.05, 3.63) is 64.4 Å². The van der Waals surface area contributed by atoms with Gasteiger partial charge in [0.05, 0.1) is 11.5 Å². The van der Waals surface area contributed by atoms with Crippen LogP contribution in [0.25, 0.3) is 23.4 Å². The summed E-state index contributed by atoms with van der Waals surface area (Å²) in [5.74, 6) is -0.505. The number of halogens is 1. The van der Waals surface area contributed by atoms with Gasteiger partial charge in [-0.1, -0.05) is 18.2 Å². The summed E-state index contributed by atoms with van der Waals surface area (Å²) in [4.78, 5) is 18.9. The zero-order chi connectivity index (χ0) is 23.5. The van der Waals surface area contributed by atoms with Crippen molar-refractivity contribution in [2.24, 2.45) is 10.9 Å². The lowest BCUT2D eigenvalue weighted by Crippen LogP contribution is -2.46. The van der Waals surface area contributed by atoms with E-state index in [0.29, 0.717) is 13.1 Å². The molecule has 3 aliphatic rings. The molecule has 0 spiro atoms. The Morgan fingerprint density at radius 2 is 2.06 bits per heavy atom. The van der Waals surface area contributed by atoms with E-state index in [1.807, 2.05) is 23.2 Å². The van der Waals surface area contributed by atoms with Crippen molar-refractivity contribution in [2.75, 3.05) is 25.0 Å². The summed E-state index contributed by atoms with van der Waals surface area (Å²) in [5.41, 5.74) is 2.77. The van der Waals surface area contributed by atoms with Crippen LogP contribution in [0.3, 0.4) is 0 Å². The largest absolute Gasteiger partial charge is 0.387 e. The van der Waals surface area contributed by atoms with Gasteiger partial charge < -0.3 is 15.5 Å². The molecule has 2 N–H and O–H groups in total. The smallest absolute Gasteiger partial charge is 0.231 e. The summed E-state index contributed by atoms with van der Waals surface area (Å²) in [6.07, 6.45) is 12.0. The Balaban J connectivity index is 1.36. The van der Waals surface area contributed by atoms with Crippen LogP contribution in [0.2, 0.25) is 0 Å². The molecular formula is C27H26FN5O. The molecule has 1 fully saturated rings. The third-order valence-corrected chi connectivity index (χ3v) is 6.65. The van der Waals surface area contributed by atoms with Gasteiger partial charge in [0.25, 0.3) is 0 Å². The molecule has 2 aromatic rings. The molecule has 1 unspecified atom stereocenters. The normalized spacial score (nSPS) is 19.3. The van der Waals surface area contributed by atoms with Crippen molar-refractivity contribution in [3.63, 3.8) is 0 Å². The Hall–Kier alpha value is -3.92. The first kappa shape index (κ1) is 21.9. The highest BCUT2D eigenvalue weighted by Crippen LogP contribution is 2.24. The van der Waals surface area contributed by atoms with Gasteiger partial charge >= 0.3 is 0 Å². The number of aliphatic imine (C=N–C) groups is 1. The van der Waals surface area contributed by atoms with Crippen LogP contribution in [0.4, 0.5) is 10.1 Å². The number of hydrogen-bond acceptors (Lipinski definition) is 5. The first-order valence-electron chi connectivity index (χ1n) is 11.6. The molecule has 1 saturated heterocycles. The monoisotopic (exact) mass is 455 g/mol. The molecule has 0 bridgehead atoms. The SMILES string of the molecule is N#Cc1cc(-c2cc(NC3CCN(C(=O)C4C=NC=CC4)CC3)c3c(c2)=CCNC=3)ccc1F. The quantitative estimate of drug-likeness (QED) is 0.743. The van der Waals surface area contributed by atoms with Crippen molar-refractivity contribution >= 4 is 30.1 Å². The van der Waals surface area contributed by atoms with E-state index in [4.69, 9.17) is 0 Å². The molecule has 6 nitrogen and oxygen atoms in total. The van der Waals surface area contributed by atoms with Gasteiger partial charge in [-0.2, -0.15) is 5.26 Å². The Morgan fingerprint density at radius 1 is 1.21 bits per heavy atom. The van der Waals surface area contributed by atoms with Crippen molar-refractivity contribution in [3.8, 4) is 17.2 Å².